The molecule has 0 spiro atoms. The van der Waals surface area contributed by atoms with Crippen LogP contribution in [0.1, 0.15) is 52.5 Å². The van der Waals surface area contributed by atoms with Gasteiger partial charge in [-0.3, -0.25) is 10.1 Å². The molecule has 4 bridgehead atoms. The molecule has 1 unspecified atom stereocenters. The van der Waals surface area contributed by atoms with Crippen molar-refractivity contribution in [2.75, 3.05) is 39.0 Å². The molecule has 3 aliphatic heterocycles. The van der Waals surface area contributed by atoms with Crippen molar-refractivity contribution >= 4 is 47.9 Å². The van der Waals surface area contributed by atoms with Crippen molar-refractivity contribution in [3.8, 4) is 5.75 Å². The number of esters is 1. The number of hydrogen-bond acceptors (Lipinski definition) is 11. The summed E-state index contributed by atoms with van der Waals surface area (Å²) < 4.78 is 29.3. The Kier molecular flexibility index (Phi) is 12.6. The number of halogens is 1. The number of anilines is 1. The Morgan fingerprint density at radius 2 is 2.02 bits per heavy atom. The summed E-state index contributed by atoms with van der Waals surface area (Å²) in [4.78, 5) is 43.7. The molecular formula is C36H50ClN3O9S. The van der Waals surface area contributed by atoms with E-state index in [-0.39, 0.29) is 23.8 Å². The van der Waals surface area contributed by atoms with Gasteiger partial charge in [-0.05, 0) is 57.1 Å². The van der Waals surface area contributed by atoms with Crippen molar-refractivity contribution in [3.63, 3.8) is 0 Å². The molecule has 0 aliphatic carbocycles. The highest BCUT2D eigenvalue weighted by Gasteiger charge is 2.64. The topological polar surface area (TPSA) is 139 Å². The maximum absolute atomic E-state index is 14.1. The van der Waals surface area contributed by atoms with E-state index >= 15 is 0 Å². The Morgan fingerprint density at radius 1 is 1.32 bits per heavy atom. The number of epoxide rings is 1. The van der Waals surface area contributed by atoms with Crippen molar-refractivity contribution in [2.45, 2.75) is 95.2 Å². The third-order valence-electron chi connectivity index (χ3n) is 10.0. The molecule has 276 valence electrons. The van der Waals surface area contributed by atoms with Gasteiger partial charge in [0.2, 0.25) is 5.91 Å². The zero-order chi connectivity index (χ0) is 37.1. The average Bonchev–Trinajstić information content (AvgIpc) is 3.76. The highest BCUT2D eigenvalue weighted by molar-refractivity contribution is 7.80. The molecule has 8 atom stereocenters. The van der Waals surface area contributed by atoms with Gasteiger partial charge in [0, 0.05) is 39.2 Å². The van der Waals surface area contributed by atoms with E-state index in [1.54, 1.807) is 51.1 Å². The minimum Gasteiger partial charge on any atom is -0.495 e. The fourth-order valence-corrected chi connectivity index (χ4v) is 7.15. The number of rotatable bonds is 8. The molecule has 3 aliphatic rings. The first-order valence-corrected chi connectivity index (χ1v) is 17.6. The number of benzene rings is 1. The maximum atomic E-state index is 14.1. The second kappa shape index (κ2) is 16.0. The third kappa shape index (κ3) is 8.45. The quantitative estimate of drug-likeness (QED) is 0.194. The normalized spacial score (nSPS) is 32.3. The molecule has 14 heteroatoms. The zero-order valence-electron chi connectivity index (χ0n) is 30.0. The molecule has 2 N–H and O–H groups in total. The number of allylic oxidation sites excluding steroid dienone is 4. The van der Waals surface area contributed by atoms with Crippen LogP contribution in [0.3, 0.4) is 0 Å². The van der Waals surface area contributed by atoms with Crippen LogP contribution in [0.5, 0.6) is 5.75 Å². The largest absolute Gasteiger partial charge is 0.495 e. The van der Waals surface area contributed by atoms with Crippen LogP contribution in [-0.2, 0) is 35.0 Å². The molecule has 3 heterocycles. The average molecular weight is 736 g/mol. The number of thiol groups is 1. The van der Waals surface area contributed by atoms with Gasteiger partial charge in [-0.25, -0.2) is 9.59 Å². The second-order valence-corrected chi connectivity index (χ2v) is 14.4. The minimum atomic E-state index is -1.80. The lowest BCUT2D eigenvalue weighted by Crippen LogP contribution is -2.63. The second-order valence-electron chi connectivity index (χ2n) is 13.5. The number of alkyl carbamates (subject to hydrolysis) is 1. The van der Waals surface area contributed by atoms with E-state index in [2.05, 4.69) is 24.5 Å². The van der Waals surface area contributed by atoms with Crippen molar-refractivity contribution in [1.29, 1.82) is 0 Å². The first-order valence-electron chi connectivity index (χ1n) is 16.6. The van der Waals surface area contributed by atoms with Gasteiger partial charge in [-0.1, -0.05) is 48.9 Å². The standard InChI is InChI=1S/C36H50ClN3O9S/c1-20-11-10-12-28(46-9)36(44)19-27(47-34(43)38-36)22(3)32-35(5,49-32)29(48-33(42)23(4)39(6)21(2)13-14-50)18-30(41)40(7)25-16-24(15-20)17-26(45-8)31(25)37/h10-12,16-17,22-23,27-29,32,44,50H,2,13-15,18-19H2,1,3-9H3,(H,38,43)/b12-10+,20-11+/t22-,23+,27?,28-,29+,32+,35+,36+/m1/s1. The Morgan fingerprint density at radius 3 is 2.66 bits per heavy atom. The Hall–Kier alpha value is -3.23. The van der Waals surface area contributed by atoms with Crippen LogP contribution in [0.25, 0.3) is 0 Å². The maximum Gasteiger partial charge on any atom is 0.409 e. The van der Waals surface area contributed by atoms with E-state index in [9.17, 15) is 19.5 Å². The number of likely N-dealkylation sites (N-methyl/N-ethyl adjacent to an activating group) is 1. The lowest BCUT2D eigenvalue weighted by molar-refractivity contribution is -0.158. The molecule has 0 saturated carbocycles. The van der Waals surface area contributed by atoms with Crippen molar-refractivity contribution in [2.24, 2.45) is 5.92 Å². The molecule has 0 radical (unpaired) electrons. The van der Waals surface area contributed by atoms with E-state index in [0.717, 1.165) is 11.1 Å². The highest BCUT2D eigenvalue weighted by atomic mass is 35.5. The van der Waals surface area contributed by atoms with Gasteiger partial charge < -0.3 is 38.6 Å². The Labute approximate surface area is 305 Å². The number of fused-ring (bicyclic) bond motifs is 5. The predicted octanol–water partition coefficient (Wildman–Crippen LogP) is 4.82. The minimum absolute atomic E-state index is 0.0211. The number of methoxy groups -OCH3 is 2. The fourth-order valence-electron chi connectivity index (χ4n) is 6.58. The summed E-state index contributed by atoms with van der Waals surface area (Å²) in [6, 6.07) is 2.90. The summed E-state index contributed by atoms with van der Waals surface area (Å²) >= 11 is 11.0. The molecule has 2 saturated heterocycles. The van der Waals surface area contributed by atoms with E-state index in [1.807, 2.05) is 26.0 Å². The SMILES string of the molecule is C=C(CCS)N(C)[C@@H](C)C(=O)O[C@H]1CC(=O)N(C)c2cc(cc(OC)c2Cl)C/C(C)=C/C=C/[C@@H](OC)[C@@]2(O)CC(OC(=O)N2)[C@@H](C)[C@@H]2O[C@@]12C. The van der Waals surface area contributed by atoms with Gasteiger partial charge >= 0.3 is 12.1 Å². The van der Waals surface area contributed by atoms with E-state index in [0.29, 0.717) is 35.7 Å². The molecule has 12 nitrogen and oxygen atoms in total. The third-order valence-corrected chi connectivity index (χ3v) is 10.6. The van der Waals surface area contributed by atoms with Gasteiger partial charge in [-0.2, -0.15) is 12.6 Å². The van der Waals surface area contributed by atoms with Crippen molar-refractivity contribution < 1.29 is 43.2 Å². The van der Waals surface area contributed by atoms with Gasteiger partial charge in [0.1, 0.15) is 40.7 Å². The molecule has 1 aromatic carbocycles. The molecule has 2 fully saturated rings. The van der Waals surface area contributed by atoms with Crippen molar-refractivity contribution in [3.05, 3.63) is 58.8 Å². The monoisotopic (exact) mass is 735 g/mol. The fraction of sp³-hybridized carbons (Fsp3) is 0.583. The molecule has 50 heavy (non-hydrogen) atoms. The Bertz CT molecular complexity index is 1540. The van der Waals surface area contributed by atoms with Gasteiger partial charge in [-0.15, -0.1) is 0 Å². The smallest absolute Gasteiger partial charge is 0.409 e. The Balaban J connectivity index is 1.78. The summed E-state index contributed by atoms with van der Waals surface area (Å²) in [5.41, 5.74) is -0.0348. The molecular weight excluding hydrogens is 686 g/mol. The van der Waals surface area contributed by atoms with Crippen LogP contribution >= 0.6 is 24.2 Å². The number of nitrogens with zero attached hydrogens (tertiary/aromatic N) is 2. The van der Waals surface area contributed by atoms with Gasteiger partial charge in [0.15, 0.2) is 5.72 Å². The number of carbonyl (C=O) groups is 3. The summed E-state index contributed by atoms with van der Waals surface area (Å²) in [5.74, 6) is -0.488. The first kappa shape index (κ1) is 39.6. The number of ether oxygens (including phenoxy) is 5. The predicted molar refractivity (Wildman–Crippen MR) is 194 cm³/mol. The summed E-state index contributed by atoms with van der Waals surface area (Å²) in [6.45, 7) is 11.3. The van der Waals surface area contributed by atoms with Gasteiger partial charge in [0.25, 0.3) is 0 Å². The van der Waals surface area contributed by atoms with Crippen LogP contribution in [0, 0.1) is 5.92 Å². The molecule has 1 aromatic rings. The summed E-state index contributed by atoms with van der Waals surface area (Å²) in [7, 11) is 6.30. The number of nitrogens with one attached hydrogen (secondary N) is 1. The first-order chi connectivity index (χ1) is 23.5. The van der Waals surface area contributed by atoms with E-state index in [1.165, 1.54) is 19.1 Å². The number of hydrogen-bond donors (Lipinski definition) is 3. The highest BCUT2D eigenvalue weighted by Crippen LogP contribution is 2.49. The van der Waals surface area contributed by atoms with E-state index < -0.39 is 59.8 Å². The van der Waals surface area contributed by atoms with Crippen LogP contribution in [-0.4, -0.2) is 104 Å². The number of aliphatic hydroxyl groups is 1. The summed E-state index contributed by atoms with van der Waals surface area (Å²) in [6.07, 6.45) is 1.90. The van der Waals surface area contributed by atoms with Gasteiger partial charge in [0.05, 0.1) is 25.3 Å². The van der Waals surface area contributed by atoms with Crippen molar-refractivity contribution in [1.82, 2.24) is 10.2 Å². The lowest BCUT2D eigenvalue weighted by Gasteiger charge is -2.42. The molecule has 2 amide bonds. The van der Waals surface area contributed by atoms with Crippen LogP contribution in [0.2, 0.25) is 5.02 Å². The molecule has 0 aromatic heterocycles. The summed E-state index contributed by atoms with van der Waals surface area (Å²) in [5, 5.41) is 14.5. The lowest BCUT2D eigenvalue weighted by atomic mass is 9.83. The number of carbonyl (C=O) groups excluding carboxylic acids is 3. The van der Waals surface area contributed by atoms with Crippen LogP contribution in [0.4, 0.5) is 10.5 Å². The zero-order valence-corrected chi connectivity index (χ0v) is 31.7. The van der Waals surface area contributed by atoms with Crippen LogP contribution < -0.4 is 15.0 Å². The molecule has 4 rings (SSSR count). The number of amides is 2. The van der Waals surface area contributed by atoms with Crippen LogP contribution in [0.15, 0.2) is 48.2 Å². The van der Waals surface area contributed by atoms with E-state index in [4.69, 9.17) is 35.3 Å².